The first-order valence-corrected chi connectivity index (χ1v) is 36.5. The summed E-state index contributed by atoms with van der Waals surface area (Å²) in [6.45, 7) is 4.56. The number of ether oxygens (including phenoxy) is 4. The van der Waals surface area contributed by atoms with Crippen LogP contribution in [0.15, 0.2) is 231 Å². The van der Waals surface area contributed by atoms with Crippen LogP contribution in [-0.4, -0.2) is 87.4 Å². The molecule has 0 saturated carbocycles. The molecule has 0 radical (unpaired) electrons. The lowest BCUT2D eigenvalue weighted by molar-refractivity contribution is -0.870. The SMILES string of the molecule is CC/C=C\C/C=C\C/C=C\C/C=C\C/C=C\C/C=C\C/C=C\C/C=C\C/C=C\C/C=C\CCCCC(=O)OC(COC(=O)CCCCCCCCCCC/C=C\C/C=C\C/C=C\C/C=C\C/C=C\C/C=C\C/C=C\C/C=C\C/C=C\CC)COC(OCC[N+](C)(C)C)C(=O)O. The number of likely N-dealkylation sites (N-methyl/N-ethyl adjacent to an activating group) is 1. The fraction of sp³-hybridized carbons (Fsp3) is 0.523. The van der Waals surface area contributed by atoms with Crippen LogP contribution in [0.3, 0.4) is 0 Å². The van der Waals surface area contributed by atoms with Crippen LogP contribution >= 0.6 is 0 Å². The van der Waals surface area contributed by atoms with E-state index in [2.05, 4.69) is 245 Å². The number of hydrogen-bond donors (Lipinski definition) is 1. The number of allylic oxidation sites excluding steroid dienone is 38. The molecule has 0 aromatic heterocycles. The van der Waals surface area contributed by atoms with Gasteiger partial charge in [-0.05, 0) is 161 Å². The maximum Gasteiger partial charge on any atom is 0.361 e. The van der Waals surface area contributed by atoms with Crippen LogP contribution in [0.25, 0.3) is 0 Å². The van der Waals surface area contributed by atoms with Gasteiger partial charge in [-0.3, -0.25) is 9.59 Å². The lowest BCUT2D eigenvalue weighted by atomic mass is 10.1. The standard InChI is InChI=1S/C86H131NO8/c1-6-8-10-12-14-16-18-20-22-24-26-28-30-32-34-36-38-40-41-42-43-45-46-48-50-52-54-56-58-60-62-64-66-68-70-72-74-76-83(88)93-80-82(81-94-86(85(90)91)92-79-78-87(3,4)5)95-84(89)77-75-73-71-69-67-65-63-61-59-57-55-53-51-49-47-44-39-37-35-33-31-29-27-25-23-21-19-17-15-13-11-9-7-2/h8-11,14-17,20-23,26-29,32-35,38-40,42-44,46,48-49,51-52,54-55,57,61,63,67,69,82,86H,6-7,12-13,18-19,24-25,30-31,36-37,41,45,47,50,53,56,58-60,62,64-66,68,70-81H2,1-5H3/p+1/b10-8-,11-9-,16-14-,17-15-,22-20-,23-21-,28-26-,29-27-,34-32-,35-33-,40-38-,43-42-,44-39-,48-46-,51-49-,54-52-,57-55-,63-61-,69-67-. The molecule has 0 spiro atoms. The van der Waals surface area contributed by atoms with E-state index in [1.54, 1.807) is 0 Å². The molecule has 0 aromatic carbocycles. The number of carboxylic acid groups (broad SMARTS) is 1. The molecule has 0 aliphatic carbocycles. The summed E-state index contributed by atoms with van der Waals surface area (Å²) in [7, 11) is 5.94. The number of nitrogens with zero attached hydrogens (tertiary/aromatic N) is 1. The van der Waals surface area contributed by atoms with Gasteiger partial charge in [0.1, 0.15) is 13.2 Å². The van der Waals surface area contributed by atoms with E-state index in [1.165, 1.54) is 32.1 Å². The fourth-order valence-corrected chi connectivity index (χ4v) is 8.91. The molecule has 9 nitrogen and oxygen atoms in total. The number of carbonyl (C=O) groups excluding carboxylic acids is 2. The molecule has 0 amide bonds. The van der Waals surface area contributed by atoms with Crippen LogP contribution < -0.4 is 0 Å². The molecule has 0 bridgehead atoms. The van der Waals surface area contributed by atoms with Gasteiger partial charge in [-0.2, -0.15) is 0 Å². The predicted molar refractivity (Wildman–Crippen MR) is 409 cm³/mol. The van der Waals surface area contributed by atoms with Crippen LogP contribution in [0.1, 0.15) is 232 Å². The van der Waals surface area contributed by atoms with Gasteiger partial charge in [-0.15, -0.1) is 0 Å². The molecule has 0 aliphatic rings. The van der Waals surface area contributed by atoms with E-state index < -0.39 is 24.3 Å². The summed E-state index contributed by atoms with van der Waals surface area (Å²) < 4.78 is 22.9. The third-order valence-corrected chi connectivity index (χ3v) is 14.4. The fourth-order valence-electron chi connectivity index (χ4n) is 8.91. The van der Waals surface area contributed by atoms with Crippen molar-refractivity contribution in [2.45, 2.75) is 245 Å². The second-order valence-electron chi connectivity index (χ2n) is 24.4. The van der Waals surface area contributed by atoms with Crippen LogP contribution in [0.4, 0.5) is 0 Å². The Bertz CT molecular complexity index is 2420. The highest BCUT2D eigenvalue weighted by Crippen LogP contribution is 2.14. The maximum atomic E-state index is 12.9. The molecular weight excluding hydrogens is 1170 g/mol. The van der Waals surface area contributed by atoms with Crippen molar-refractivity contribution in [2.24, 2.45) is 0 Å². The number of hydrogen-bond acceptors (Lipinski definition) is 7. The topological polar surface area (TPSA) is 108 Å². The van der Waals surface area contributed by atoms with E-state index in [1.807, 2.05) is 21.1 Å². The van der Waals surface area contributed by atoms with E-state index in [0.717, 1.165) is 167 Å². The van der Waals surface area contributed by atoms with Gasteiger partial charge in [0.05, 0.1) is 34.4 Å². The van der Waals surface area contributed by atoms with Crippen LogP contribution in [-0.2, 0) is 33.3 Å². The number of aliphatic carboxylic acids is 1. The molecule has 0 aromatic rings. The lowest BCUT2D eigenvalue weighted by Gasteiger charge is -2.25. The first kappa shape index (κ1) is 88.4. The average molecular weight is 1310 g/mol. The van der Waals surface area contributed by atoms with Gasteiger partial charge in [-0.1, -0.05) is 290 Å². The first-order valence-electron chi connectivity index (χ1n) is 36.5. The van der Waals surface area contributed by atoms with Crippen molar-refractivity contribution in [3.8, 4) is 0 Å². The molecule has 0 heterocycles. The van der Waals surface area contributed by atoms with Gasteiger partial charge in [0.2, 0.25) is 0 Å². The van der Waals surface area contributed by atoms with Crippen molar-refractivity contribution in [3.05, 3.63) is 231 Å². The molecule has 2 unspecified atom stereocenters. The summed E-state index contributed by atoms with van der Waals surface area (Å²) >= 11 is 0. The molecule has 0 rings (SSSR count). The minimum absolute atomic E-state index is 0.165. The monoisotopic (exact) mass is 1310 g/mol. The van der Waals surface area contributed by atoms with Gasteiger partial charge in [0.15, 0.2) is 6.10 Å². The minimum atomic E-state index is -1.54. The zero-order valence-corrected chi connectivity index (χ0v) is 60.2. The van der Waals surface area contributed by atoms with E-state index in [4.69, 9.17) is 18.9 Å². The van der Waals surface area contributed by atoms with Crippen molar-refractivity contribution in [2.75, 3.05) is 47.5 Å². The van der Waals surface area contributed by atoms with Crippen LogP contribution in [0.2, 0.25) is 0 Å². The molecule has 9 heteroatoms. The molecular formula is C86H132NO8+. The van der Waals surface area contributed by atoms with Crippen molar-refractivity contribution < 1.29 is 42.9 Å². The molecule has 95 heavy (non-hydrogen) atoms. The Kier molecular flexibility index (Phi) is 68.0. The number of rotatable bonds is 64. The third kappa shape index (κ3) is 74.6. The van der Waals surface area contributed by atoms with Crippen molar-refractivity contribution >= 4 is 17.9 Å². The quantitative estimate of drug-likeness (QED) is 0.0211. The number of carboxylic acids is 1. The molecule has 0 saturated heterocycles. The van der Waals surface area contributed by atoms with Crippen molar-refractivity contribution in [3.63, 3.8) is 0 Å². The highest BCUT2D eigenvalue weighted by Gasteiger charge is 2.25. The summed E-state index contributed by atoms with van der Waals surface area (Å²) in [5.41, 5.74) is 0. The summed E-state index contributed by atoms with van der Waals surface area (Å²) in [6.07, 6.45) is 114. The minimum Gasteiger partial charge on any atom is -0.477 e. The maximum absolute atomic E-state index is 12.9. The average Bonchev–Trinajstić information content (AvgIpc) is 3.75. The Balaban J connectivity index is 4.29. The van der Waals surface area contributed by atoms with Gasteiger partial charge in [0.25, 0.3) is 6.29 Å². The van der Waals surface area contributed by atoms with Gasteiger partial charge in [-0.25, -0.2) is 4.79 Å². The van der Waals surface area contributed by atoms with Crippen molar-refractivity contribution in [1.82, 2.24) is 0 Å². The number of esters is 2. The van der Waals surface area contributed by atoms with Crippen LogP contribution in [0, 0.1) is 0 Å². The highest BCUT2D eigenvalue weighted by atomic mass is 16.7. The van der Waals surface area contributed by atoms with E-state index in [0.29, 0.717) is 17.4 Å². The van der Waals surface area contributed by atoms with E-state index in [-0.39, 0.29) is 38.6 Å². The Hall–Kier alpha value is -6.65. The summed E-state index contributed by atoms with van der Waals surface area (Å²) in [6, 6.07) is 0. The van der Waals surface area contributed by atoms with E-state index >= 15 is 0 Å². The summed E-state index contributed by atoms with van der Waals surface area (Å²) in [4.78, 5) is 37.7. The second-order valence-corrected chi connectivity index (χ2v) is 24.4. The summed E-state index contributed by atoms with van der Waals surface area (Å²) in [5, 5.41) is 9.75. The molecule has 0 fully saturated rings. The first-order chi connectivity index (χ1) is 46.6. The zero-order valence-electron chi connectivity index (χ0n) is 60.2. The number of unbranched alkanes of at least 4 members (excludes halogenated alkanes) is 11. The highest BCUT2D eigenvalue weighted by molar-refractivity contribution is 5.71. The predicted octanol–water partition coefficient (Wildman–Crippen LogP) is 23.5. The van der Waals surface area contributed by atoms with Gasteiger partial charge < -0.3 is 28.5 Å². The molecule has 1 N–H and O–H groups in total. The van der Waals surface area contributed by atoms with Gasteiger partial charge in [0, 0.05) is 12.8 Å². The Morgan fingerprint density at radius 1 is 0.316 bits per heavy atom. The Morgan fingerprint density at radius 3 is 0.863 bits per heavy atom. The van der Waals surface area contributed by atoms with Crippen LogP contribution in [0.5, 0.6) is 0 Å². The van der Waals surface area contributed by atoms with Gasteiger partial charge >= 0.3 is 17.9 Å². The van der Waals surface area contributed by atoms with E-state index in [9.17, 15) is 19.5 Å². The largest absolute Gasteiger partial charge is 0.477 e. The number of quaternary nitrogens is 1. The Labute approximate surface area is 580 Å². The van der Waals surface area contributed by atoms with Crippen molar-refractivity contribution in [1.29, 1.82) is 0 Å². The zero-order chi connectivity index (χ0) is 69.0. The molecule has 0 aliphatic heterocycles. The Morgan fingerprint density at radius 2 is 0.568 bits per heavy atom. The summed E-state index contributed by atoms with van der Waals surface area (Å²) in [5.74, 6) is -2.10. The smallest absolute Gasteiger partial charge is 0.361 e. The third-order valence-electron chi connectivity index (χ3n) is 14.4. The molecule has 2 atom stereocenters. The second kappa shape index (κ2) is 73.2. The lowest BCUT2D eigenvalue weighted by Crippen LogP contribution is -2.40. The molecule has 528 valence electrons. The number of carbonyl (C=O) groups is 3. The normalized spacial score (nSPS) is 14.1.